The Morgan fingerprint density at radius 2 is 2.08 bits per heavy atom. The molecule has 144 valence electrons. The third kappa shape index (κ3) is 4.85. The van der Waals surface area contributed by atoms with Crippen molar-refractivity contribution in [3.8, 4) is 5.75 Å². The quantitative estimate of drug-likeness (QED) is 0.709. The molecule has 0 radical (unpaired) electrons. The zero-order valence-electron chi connectivity index (χ0n) is 13.9. The van der Waals surface area contributed by atoms with Gasteiger partial charge in [0.05, 0.1) is 12.6 Å². The van der Waals surface area contributed by atoms with Crippen LogP contribution in [0, 0.1) is 0 Å². The summed E-state index contributed by atoms with van der Waals surface area (Å²) < 4.78 is 71.1. The highest BCUT2D eigenvalue weighted by atomic mass is 19.4. The van der Waals surface area contributed by atoms with Gasteiger partial charge in [0.15, 0.2) is 0 Å². The molecule has 0 aromatic heterocycles. The van der Waals surface area contributed by atoms with E-state index in [1.54, 1.807) is 29.4 Å². The fourth-order valence-corrected chi connectivity index (χ4v) is 3.20. The third-order valence-corrected chi connectivity index (χ3v) is 4.29. The second-order valence-corrected chi connectivity index (χ2v) is 6.18. The van der Waals surface area contributed by atoms with Gasteiger partial charge in [-0.05, 0) is 17.2 Å². The predicted molar refractivity (Wildman–Crippen MR) is 83.7 cm³/mol. The van der Waals surface area contributed by atoms with Crippen LogP contribution in [0.4, 0.5) is 22.0 Å². The molecule has 9 heteroatoms. The fraction of sp³-hybridized carbons (Fsp3) is 0.529. The van der Waals surface area contributed by atoms with Crippen molar-refractivity contribution in [3.63, 3.8) is 0 Å². The van der Waals surface area contributed by atoms with E-state index in [0.29, 0.717) is 30.9 Å². The molecule has 4 nitrogen and oxygen atoms in total. The molecule has 1 atom stereocenters. The summed E-state index contributed by atoms with van der Waals surface area (Å²) in [6.07, 6.45) is -3.17. The standard InChI is InChI=1S/C17H19F5N2O2/c18-16(19)9-12-2-3-15-13(8-12)10-14(11-25-15)24-5-1-4-23(24)6-7-26-17(20,21)22/h1-3,5,8,14,16H,4,6-7,9-11H2/t14-/m1/s1. The number of alkyl halides is 5. The van der Waals surface area contributed by atoms with Gasteiger partial charge in [-0.1, -0.05) is 18.2 Å². The molecular weight excluding hydrogens is 359 g/mol. The Kier molecular flexibility index (Phi) is 5.67. The van der Waals surface area contributed by atoms with E-state index in [1.807, 2.05) is 11.1 Å². The summed E-state index contributed by atoms with van der Waals surface area (Å²) in [5, 5.41) is 3.58. The van der Waals surface area contributed by atoms with Crippen molar-refractivity contribution in [2.45, 2.75) is 31.7 Å². The van der Waals surface area contributed by atoms with Crippen molar-refractivity contribution in [2.24, 2.45) is 0 Å². The van der Waals surface area contributed by atoms with Crippen molar-refractivity contribution in [1.82, 2.24) is 10.0 Å². The molecule has 1 aromatic carbocycles. The highest BCUT2D eigenvalue weighted by molar-refractivity contribution is 5.39. The molecule has 0 fully saturated rings. The first-order valence-corrected chi connectivity index (χ1v) is 8.25. The molecule has 1 aromatic rings. The molecule has 26 heavy (non-hydrogen) atoms. The van der Waals surface area contributed by atoms with E-state index in [4.69, 9.17) is 4.74 Å². The van der Waals surface area contributed by atoms with E-state index in [0.717, 1.165) is 5.56 Å². The Bertz CT molecular complexity index is 651. The molecule has 0 unspecified atom stereocenters. The van der Waals surface area contributed by atoms with Crippen molar-refractivity contribution in [2.75, 3.05) is 26.3 Å². The van der Waals surface area contributed by atoms with E-state index in [1.165, 1.54) is 0 Å². The van der Waals surface area contributed by atoms with E-state index in [-0.39, 0.29) is 19.0 Å². The Morgan fingerprint density at radius 3 is 2.81 bits per heavy atom. The number of halogens is 5. The molecule has 0 spiro atoms. The highest BCUT2D eigenvalue weighted by Crippen LogP contribution is 2.30. The van der Waals surface area contributed by atoms with Gasteiger partial charge in [0, 0.05) is 32.1 Å². The van der Waals surface area contributed by atoms with Crippen LogP contribution in [0.15, 0.2) is 30.5 Å². The first kappa shape index (κ1) is 18.9. The topological polar surface area (TPSA) is 24.9 Å². The van der Waals surface area contributed by atoms with Gasteiger partial charge in [0.25, 0.3) is 0 Å². The highest BCUT2D eigenvalue weighted by Gasteiger charge is 2.32. The van der Waals surface area contributed by atoms with Crippen molar-refractivity contribution in [1.29, 1.82) is 0 Å². The molecule has 0 saturated carbocycles. The Morgan fingerprint density at radius 1 is 1.27 bits per heavy atom. The van der Waals surface area contributed by atoms with E-state index >= 15 is 0 Å². The van der Waals surface area contributed by atoms with Crippen LogP contribution in [0.25, 0.3) is 0 Å². The van der Waals surface area contributed by atoms with E-state index in [9.17, 15) is 22.0 Å². The van der Waals surface area contributed by atoms with Crippen LogP contribution in [0.2, 0.25) is 0 Å². The van der Waals surface area contributed by atoms with Crippen molar-refractivity contribution >= 4 is 0 Å². The van der Waals surface area contributed by atoms with Gasteiger partial charge < -0.3 is 9.75 Å². The maximum Gasteiger partial charge on any atom is 0.522 e. The molecule has 0 N–H and O–H groups in total. The lowest BCUT2D eigenvalue weighted by atomic mass is 9.99. The zero-order chi connectivity index (χ0) is 18.7. The lowest BCUT2D eigenvalue weighted by molar-refractivity contribution is -0.326. The van der Waals surface area contributed by atoms with Gasteiger partial charge in [-0.25, -0.2) is 13.8 Å². The van der Waals surface area contributed by atoms with Crippen molar-refractivity contribution < 1.29 is 31.4 Å². The predicted octanol–water partition coefficient (Wildman–Crippen LogP) is 3.38. The minimum atomic E-state index is -4.65. The smallest absolute Gasteiger partial charge is 0.491 e. The number of ether oxygens (including phenoxy) is 2. The monoisotopic (exact) mass is 378 g/mol. The Balaban J connectivity index is 1.62. The van der Waals surface area contributed by atoms with Gasteiger partial charge in [-0.15, -0.1) is 13.2 Å². The summed E-state index contributed by atoms with van der Waals surface area (Å²) in [7, 11) is 0. The number of hydrogen-bond donors (Lipinski definition) is 0. The number of fused-ring (bicyclic) bond motifs is 1. The zero-order valence-corrected chi connectivity index (χ0v) is 13.9. The van der Waals surface area contributed by atoms with Crippen LogP contribution in [0.5, 0.6) is 5.75 Å². The normalized spacial score (nSPS) is 20.5. The lowest BCUT2D eigenvalue weighted by Crippen LogP contribution is -2.48. The number of rotatable bonds is 6. The van der Waals surface area contributed by atoms with Crippen LogP contribution >= 0.6 is 0 Å². The first-order chi connectivity index (χ1) is 12.3. The summed E-state index contributed by atoms with van der Waals surface area (Å²) in [5.74, 6) is 0.661. The molecule has 2 heterocycles. The molecule has 0 aliphatic carbocycles. The molecule has 2 aliphatic rings. The summed E-state index contributed by atoms with van der Waals surface area (Å²) in [6.45, 7) is 0.462. The number of hydrogen-bond acceptors (Lipinski definition) is 4. The summed E-state index contributed by atoms with van der Waals surface area (Å²) >= 11 is 0. The van der Waals surface area contributed by atoms with Crippen LogP contribution in [-0.2, 0) is 17.6 Å². The SMILES string of the molecule is FC(F)Cc1ccc2c(c1)C[C@@H](N1C=CCN1CCOC(F)(F)F)CO2. The number of hydrazine groups is 1. The largest absolute Gasteiger partial charge is 0.522 e. The maximum absolute atomic E-state index is 12.6. The average molecular weight is 378 g/mol. The summed E-state index contributed by atoms with van der Waals surface area (Å²) in [6, 6.07) is 4.92. The van der Waals surface area contributed by atoms with Crippen LogP contribution in [0.1, 0.15) is 11.1 Å². The van der Waals surface area contributed by atoms with Crippen LogP contribution in [0.3, 0.4) is 0 Å². The second kappa shape index (κ2) is 7.79. The summed E-state index contributed by atoms with van der Waals surface area (Å²) in [5.41, 5.74) is 1.36. The van der Waals surface area contributed by atoms with Gasteiger partial charge in [-0.3, -0.25) is 4.74 Å². The minimum Gasteiger partial charge on any atom is -0.491 e. The maximum atomic E-state index is 12.6. The van der Waals surface area contributed by atoms with Gasteiger partial charge in [0.2, 0.25) is 6.43 Å². The molecule has 0 bridgehead atoms. The molecule has 0 saturated heterocycles. The van der Waals surface area contributed by atoms with Gasteiger partial charge >= 0.3 is 6.36 Å². The van der Waals surface area contributed by atoms with Gasteiger partial charge in [-0.2, -0.15) is 0 Å². The Labute approximate surface area is 147 Å². The molecule has 3 rings (SSSR count). The number of nitrogens with zero attached hydrogens (tertiary/aromatic N) is 2. The van der Waals surface area contributed by atoms with E-state index < -0.39 is 19.4 Å². The average Bonchev–Trinajstić information content (AvgIpc) is 3.01. The summed E-state index contributed by atoms with van der Waals surface area (Å²) in [4.78, 5) is 0. The molecule has 2 aliphatic heterocycles. The second-order valence-electron chi connectivity index (χ2n) is 6.18. The first-order valence-electron chi connectivity index (χ1n) is 8.25. The lowest BCUT2D eigenvalue weighted by Gasteiger charge is -2.38. The fourth-order valence-electron chi connectivity index (χ4n) is 3.20. The number of benzene rings is 1. The Hall–Kier alpha value is -1.87. The van der Waals surface area contributed by atoms with Crippen LogP contribution in [-0.4, -0.2) is 55.2 Å². The van der Waals surface area contributed by atoms with Gasteiger partial charge in [0.1, 0.15) is 12.4 Å². The third-order valence-electron chi connectivity index (χ3n) is 4.29. The molecule has 0 amide bonds. The van der Waals surface area contributed by atoms with E-state index in [2.05, 4.69) is 4.74 Å². The molecular formula is C17H19F5N2O2. The minimum absolute atomic E-state index is 0.0846. The van der Waals surface area contributed by atoms with Crippen LogP contribution < -0.4 is 4.74 Å². The van der Waals surface area contributed by atoms with Crippen molar-refractivity contribution in [3.05, 3.63) is 41.6 Å².